The number of anilines is 1. The maximum atomic E-state index is 12.7. The quantitative estimate of drug-likeness (QED) is 0.755. The first-order chi connectivity index (χ1) is 6.39. The second-order valence-corrected chi connectivity index (χ2v) is 3.52. The molecule has 0 atom stereocenters. The van der Waals surface area contributed by atoms with Crippen LogP contribution in [-0.2, 0) is 4.79 Å². The molecule has 1 rings (SSSR count). The molecule has 0 fully saturated rings. The lowest BCUT2D eigenvalue weighted by atomic mass is 10.1. The molecule has 0 bridgehead atoms. The maximum absolute atomic E-state index is 12.7. The van der Waals surface area contributed by atoms with Crippen molar-refractivity contribution in [3.05, 3.63) is 30.1 Å². The second kappa shape index (κ2) is 3.75. The highest BCUT2D eigenvalue weighted by molar-refractivity contribution is 5.96. The highest BCUT2D eigenvalue weighted by Crippen LogP contribution is 2.11. The van der Waals surface area contributed by atoms with Gasteiger partial charge in [0.2, 0.25) is 0 Å². The Balaban J connectivity index is 2.75. The number of aliphatic hydroxyl groups is 1. The van der Waals surface area contributed by atoms with Crippen LogP contribution in [-0.4, -0.2) is 16.6 Å². The van der Waals surface area contributed by atoms with Crippen LogP contribution in [0.3, 0.4) is 0 Å². The SMILES string of the molecule is CC(C)(O)C(=O)Nc1cccc(F)c1. The zero-order valence-electron chi connectivity index (χ0n) is 8.04. The largest absolute Gasteiger partial charge is 0.381 e. The molecule has 1 amide bonds. The van der Waals surface area contributed by atoms with Gasteiger partial charge in [0.05, 0.1) is 0 Å². The summed E-state index contributed by atoms with van der Waals surface area (Å²) in [4.78, 5) is 11.3. The van der Waals surface area contributed by atoms with E-state index < -0.39 is 17.3 Å². The van der Waals surface area contributed by atoms with Gasteiger partial charge in [0.1, 0.15) is 11.4 Å². The molecule has 0 spiro atoms. The normalized spacial score (nSPS) is 11.1. The van der Waals surface area contributed by atoms with Gasteiger partial charge in [-0.05, 0) is 32.0 Å². The minimum Gasteiger partial charge on any atom is -0.381 e. The number of amides is 1. The Kier molecular flexibility index (Phi) is 2.86. The molecule has 1 aromatic rings. The first-order valence-corrected chi connectivity index (χ1v) is 4.19. The number of carbonyl (C=O) groups is 1. The molecule has 3 nitrogen and oxygen atoms in total. The van der Waals surface area contributed by atoms with Crippen molar-refractivity contribution in [2.45, 2.75) is 19.4 Å². The number of rotatable bonds is 2. The van der Waals surface area contributed by atoms with Gasteiger partial charge in [0.15, 0.2) is 0 Å². The van der Waals surface area contributed by atoms with E-state index in [4.69, 9.17) is 0 Å². The molecule has 1 aromatic carbocycles. The van der Waals surface area contributed by atoms with Gasteiger partial charge in [0, 0.05) is 5.69 Å². The van der Waals surface area contributed by atoms with Crippen molar-refractivity contribution in [2.75, 3.05) is 5.32 Å². The summed E-state index contributed by atoms with van der Waals surface area (Å²) in [7, 11) is 0. The Morgan fingerprint density at radius 2 is 2.14 bits per heavy atom. The molecule has 4 heteroatoms. The Labute approximate surface area is 81.6 Å². The van der Waals surface area contributed by atoms with Gasteiger partial charge in [-0.15, -0.1) is 0 Å². The Hall–Kier alpha value is -1.42. The van der Waals surface area contributed by atoms with E-state index >= 15 is 0 Å². The summed E-state index contributed by atoms with van der Waals surface area (Å²) >= 11 is 0. The molecule has 0 heterocycles. The van der Waals surface area contributed by atoms with E-state index in [2.05, 4.69) is 5.32 Å². The van der Waals surface area contributed by atoms with Crippen molar-refractivity contribution in [1.82, 2.24) is 0 Å². The summed E-state index contributed by atoms with van der Waals surface area (Å²) in [5.41, 5.74) is -1.14. The number of halogens is 1. The zero-order valence-corrected chi connectivity index (χ0v) is 8.04. The van der Waals surface area contributed by atoms with Crippen LogP contribution in [0, 0.1) is 5.82 Å². The minimum atomic E-state index is -1.47. The molecular weight excluding hydrogens is 185 g/mol. The summed E-state index contributed by atoms with van der Waals surface area (Å²) in [5.74, 6) is -0.998. The smallest absolute Gasteiger partial charge is 0.255 e. The minimum absolute atomic E-state index is 0.331. The average molecular weight is 197 g/mol. The molecule has 2 N–H and O–H groups in total. The molecule has 0 aliphatic carbocycles. The van der Waals surface area contributed by atoms with Crippen LogP contribution in [0.1, 0.15) is 13.8 Å². The molecule has 0 unspecified atom stereocenters. The summed E-state index contributed by atoms with van der Waals surface area (Å²) in [6.45, 7) is 2.73. The predicted octanol–water partition coefficient (Wildman–Crippen LogP) is 1.54. The Bertz CT molecular complexity index is 344. The third-order valence-electron chi connectivity index (χ3n) is 1.64. The lowest BCUT2D eigenvalue weighted by Crippen LogP contribution is -2.36. The fourth-order valence-electron chi connectivity index (χ4n) is 0.850. The predicted molar refractivity (Wildman–Crippen MR) is 51.3 cm³/mol. The number of hydrogen-bond donors (Lipinski definition) is 2. The molecule has 0 radical (unpaired) electrons. The van der Waals surface area contributed by atoms with E-state index in [0.29, 0.717) is 5.69 Å². The van der Waals surface area contributed by atoms with Crippen molar-refractivity contribution in [3.8, 4) is 0 Å². The van der Waals surface area contributed by atoms with E-state index in [0.717, 1.165) is 0 Å². The van der Waals surface area contributed by atoms with Gasteiger partial charge >= 0.3 is 0 Å². The average Bonchev–Trinajstić information content (AvgIpc) is 2.02. The molecule has 14 heavy (non-hydrogen) atoms. The summed E-state index contributed by atoms with van der Waals surface area (Å²) in [5, 5.41) is 11.7. The van der Waals surface area contributed by atoms with E-state index in [1.165, 1.54) is 32.0 Å². The number of benzene rings is 1. The number of hydrogen-bond acceptors (Lipinski definition) is 2. The van der Waals surface area contributed by atoms with Crippen molar-refractivity contribution in [3.63, 3.8) is 0 Å². The molecular formula is C10H12FNO2. The zero-order chi connectivity index (χ0) is 10.8. The van der Waals surface area contributed by atoms with Crippen molar-refractivity contribution in [2.24, 2.45) is 0 Å². The van der Waals surface area contributed by atoms with Gasteiger partial charge in [-0.25, -0.2) is 4.39 Å². The molecule has 0 aromatic heterocycles. The molecule has 0 aliphatic heterocycles. The van der Waals surface area contributed by atoms with E-state index in [-0.39, 0.29) is 0 Å². The topological polar surface area (TPSA) is 49.3 Å². The van der Waals surface area contributed by atoms with Crippen LogP contribution >= 0.6 is 0 Å². The molecule has 0 aliphatic rings. The van der Waals surface area contributed by atoms with Crippen molar-refractivity contribution < 1.29 is 14.3 Å². The van der Waals surface area contributed by atoms with Crippen LogP contribution in [0.4, 0.5) is 10.1 Å². The van der Waals surface area contributed by atoms with Gasteiger partial charge in [0.25, 0.3) is 5.91 Å². The lowest BCUT2D eigenvalue weighted by molar-refractivity contribution is -0.130. The second-order valence-electron chi connectivity index (χ2n) is 3.52. The van der Waals surface area contributed by atoms with Gasteiger partial charge in [-0.1, -0.05) is 6.07 Å². The van der Waals surface area contributed by atoms with Crippen molar-refractivity contribution in [1.29, 1.82) is 0 Å². The lowest BCUT2D eigenvalue weighted by Gasteiger charge is -2.16. The molecule has 0 saturated carbocycles. The third kappa shape index (κ3) is 2.81. The van der Waals surface area contributed by atoms with Crippen LogP contribution in [0.25, 0.3) is 0 Å². The molecule has 0 saturated heterocycles. The number of carbonyl (C=O) groups excluding carboxylic acids is 1. The van der Waals surface area contributed by atoms with E-state index in [9.17, 15) is 14.3 Å². The van der Waals surface area contributed by atoms with E-state index in [1.807, 2.05) is 0 Å². The van der Waals surface area contributed by atoms with Gasteiger partial charge in [-0.3, -0.25) is 4.79 Å². The summed E-state index contributed by atoms with van der Waals surface area (Å²) < 4.78 is 12.7. The van der Waals surface area contributed by atoms with Gasteiger partial charge in [-0.2, -0.15) is 0 Å². The summed E-state index contributed by atoms with van der Waals surface area (Å²) in [6.07, 6.45) is 0. The Morgan fingerprint density at radius 3 is 2.64 bits per heavy atom. The fraction of sp³-hybridized carbons (Fsp3) is 0.300. The monoisotopic (exact) mass is 197 g/mol. The van der Waals surface area contributed by atoms with Crippen LogP contribution < -0.4 is 5.32 Å². The van der Waals surface area contributed by atoms with Gasteiger partial charge < -0.3 is 10.4 Å². The van der Waals surface area contributed by atoms with Crippen LogP contribution in [0.2, 0.25) is 0 Å². The van der Waals surface area contributed by atoms with Crippen molar-refractivity contribution >= 4 is 11.6 Å². The highest BCUT2D eigenvalue weighted by Gasteiger charge is 2.23. The Morgan fingerprint density at radius 1 is 1.50 bits per heavy atom. The van der Waals surface area contributed by atoms with E-state index in [1.54, 1.807) is 6.07 Å². The maximum Gasteiger partial charge on any atom is 0.255 e. The fourth-order valence-corrected chi connectivity index (χ4v) is 0.850. The summed E-state index contributed by atoms with van der Waals surface area (Å²) in [6, 6.07) is 5.49. The molecule has 76 valence electrons. The third-order valence-corrected chi connectivity index (χ3v) is 1.64. The number of nitrogens with one attached hydrogen (secondary N) is 1. The van der Waals surface area contributed by atoms with Crippen LogP contribution in [0.15, 0.2) is 24.3 Å². The standard InChI is InChI=1S/C10H12FNO2/c1-10(2,14)9(13)12-8-5-3-4-7(11)6-8/h3-6,14H,1-2H3,(H,12,13). The highest BCUT2D eigenvalue weighted by atomic mass is 19.1. The van der Waals surface area contributed by atoms with Crippen LogP contribution in [0.5, 0.6) is 0 Å². The first kappa shape index (κ1) is 10.7. The first-order valence-electron chi connectivity index (χ1n) is 4.19.